The van der Waals surface area contributed by atoms with Crippen LogP contribution in [0.15, 0.2) is 0 Å². The van der Waals surface area contributed by atoms with Crippen LogP contribution in [-0.2, 0) is 0 Å². The molecule has 0 saturated carbocycles. The molecule has 0 aromatic rings. The topological polar surface area (TPSA) is 32.3 Å². The normalized spacial score (nSPS) is 14.8. The van der Waals surface area contributed by atoms with Gasteiger partial charge in [-0.1, -0.05) is 72.1 Å². The van der Waals surface area contributed by atoms with Gasteiger partial charge in [0, 0.05) is 6.54 Å². The molecule has 2 N–H and O–H groups in total. The number of hydrogen-bond donors (Lipinski definition) is 2. The Kier molecular flexibility index (Phi) is 11.7. The van der Waals surface area contributed by atoms with E-state index in [4.69, 9.17) is 0 Å². The molecule has 1 atom stereocenters. The molecule has 0 amide bonds. The average molecular weight is 271 g/mol. The zero-order valence-corrected chi connectivity index (χ0v) is 13.8. The van der Waals surface area contributed by atoms with Crippen LogP contribution in [0, 0.1) is 5.92 Å². The Labute approximate surface area is 121 Å². The van der Waals surface area contributed by atoms with Gasteiger partial charge in [-0.3, -0.25) is 0 Å². The Balaban J connectivity index is 3.37. The van der Waals surface area contributed by atoms with E-state index in [9.17, 15) is 5.11 Å². The van der Waals surface area contributed by atoms with Crippen LogP contribution in [0.3, 0.4) is 0 Å². The second-order valence-electron chi connectivity index (χ2n) is 6.75. The highest BCUT2D eigenvalue weighted by atomic mass is 16.3. The predicted octanol–water partition coefficient (Wildman–Crippen LogP) is 4.51. The monoisotopic (exact) mass is 271 g/mol. The first-order valence-corrected chi connectivity index (χ1v) is 8.41. The molecule has 0 radical (unpaired) electrons. The first-order valence-electron chi connectivity index (χ1n) is 8.41. The van der Waals surface area contributed by atoms with Gasteiger partial charge in [-0.15, -0.1) is 0 Å². The van der Waals surface area contributed by atoms with E-state index in [0.29, 0.717) is 5.92 Å². The van der Waals surface area contributed by atoms with Crippen LogP contribution in [0.5, 0.6) is 0 Å². The van der Waals surface area contributed by atoms with Crippen molar-refractivity contribution in [3.05, 3.63) is 0 Å². The van der Waals surface area contributed by atoms with Crippen LogP contribution in [0.1, 0.15) is 85.5 Å². The highest BCUT2D eigenvalue weighted by molar-refractivity contribution is 4.75. The van der Waals surface area contributed by atoms with Gasteiger partial charge in [0.1, 0.15) is 0 Å². The third-order valence-corrected chi connectivity index (χ3v) is 3.63. The molecule has 0 spiro atoms. The Morgan fingerprint density at radius 1 is 0.947 bits per heavy atom. The molecule has 2 heteroatoms. The first-order chi connectivity index (χ1) is 8.98. The first kappa shape index (κ1) is 18.9. The van der Waals surface area contributed by atoms with Gasteiger partial charge in [0.05, 0.1) is 5.60 Å². The van der Waals surface area contributed by atoms with Gasteiger partial charge in [-0.2, -0.15) is 0 Å². The predicted molar refractivity (Wildman–Crippen MR) is 85.6 cm³/mol. The van der Waals surface area contributed by atoms with E-state index < -0.39 is 5.60 Å². The Morgan fingerprint density at radius 3 is 2.00 bits per heavy atom. The molecule has 0 aromatic heterocycles. The summed E-state index contributed by atoms with van der Waals surface area (Å²) in [5.41, 5.74) is -0.531. The van der Waals surface area contributed by atoms with Crippen LogP contribution in [0.2, 0.25) is 0 Å². The molecule has 0 aromatic carbocycles. The minimum absolute atomic E-state index is 0.531. The molecule has 19 heavy (non-hydrogen) atoms. The number of aliphatic hydroxyl groups is 1. The average Bonchev–Trinajstić information content (AvgIpc) is 2.31. The number of hydrogen-bond acceptors (Lipinski definition) is 2. The van der Waals surface area contributed by atoms with E-state index in [1.807, 2.05) is 6.92 Å². The molecule has 0 aliphatic heterocycles. The van der Waals surface area contributed by atoms with Crippen molar-refractivity contribution >= 4 is 0 Å². The summed E-state index contributed by atoms with van der Waals surface area (Å²) in [5.74, 6) is 0.652. The molecule has 0 heterocycles. The lowest BCUT2D eigenvalue weighted by atomic mass is 9.97. The lowest BCUT2D eigenvalue weighted by molar-refractivity contribution is 0.0475. The van der Waals surface area contributed by atoms with Gasteiger partial charge in [0.2, 0.25) is 0 Å². The maximum absolute atomic E-state index is 10.2. The zero-order valence-electron chi connectivity index (χ0n) is 13.8. The molecule has 0 bridgehead atoms. The SMILES string of the molecule is CCCCCCCCCCC(C)(O)CNCC(C)C. The summed E-state index contributed by atoms with van der Waals surface area (Å²) >= 11 is 0. The van der Waals surface area contributed by atoms with E-state index >= 15 is 0 Å². The molecule has 0 aliphatic rings. The third kappa shape index (κ3) is 14.1. The third-order valence-electron chi connectivity index (χ3n) is 3.63. The Bertz CT molecular complexity index is 190. The van der Waals surface area contributed by atoms with Gasteiger partial charge >= 0.3 is 0 Å². The molecule has 0 rings (SSSR count). The lowest BCUT2D eigenvalue weighted by Gasteiger charge is -2.24. The second-order valence-corrected chi connectivity index (χ2v) is 6.75. The molecule has 0 aliphatic carbocycles. The van der Waals surface area contributed by atoms with Crippen molar-refractivity contribution in [1.82, 2.24) is 5.32 Å². The van der Waals surface area contributed by atoms with Crippen LogP contribution >= 0.6 is 0 Å². The zero-order chi connectivity index (χ0) is 14.6. The van der Waals surface area contributed by atoms with Crippen LogP contribution in [0.25, 0.3) is 0 Å². The van der Waals surface area contributed by atoms with E-state index in [2.05, 4.69) is 26.1 Å². The quantitative estimate of drug-likeness (QED) is 0.483. The number of unbranched alkanes of at least 4 members (excludes halogenated alkanes) is 7. The fourth-order valence-corrected chi connectivity index (χ4v) is 2.36. The highest BCUT2D eigenvalue weighted by Crippen LogP contribution is 2.15. The van der Waals surface area contributed by atoms with Crippen molar-refractivity contribution in [2.24, 2.45) is 5.92 Å². The summed E-state index contributed by atoms with van der Waals surface area (Å²) in [6.07, 6.45) is 11.5. The largest absolute Gasteiger partial charge is 0.389 e. The number of rotatable bonds is 13. The van der Waals surface area contributed by atoms with Crippen molar-refractivity contribution in [2.45, 2.75) is 91.1 Å². The summed E-state index contributed by atoms with van der Waals surface area (Å²) in [6.45, 7) is 10.3. The standard InChI is InChI=1S/C17H37NO/c1-5-6-7-8-9-10-11-12-13-17(4,19)15-18-14-16(2)3/h16,18-19H,5-15H2,1-4H3. The van der Waals surface area contributed by atoms with Crippen LogP contribution < -0.4 is 5.32 Å². The lowest BCUT2D eigenvalue weighted by Crippen LogP contribution is -2.39. The molecular weight excluding hydrogens is 234 g/mol. The highest BCUT2D eigenvalue weighted by Gasteiger charge is 2.18. The van der Waals surface area contributed by atoms with Gasteiger partial charge in [-0.25, -0.2) is 0 Å². The fraction of sp³-hybridized carbons (Fsp3) is 1.00. The van der Waals surface area contributed by atoms with Crippen molar-refractivity contribution in [1.29, 1.82) is 0 Å². The molecular formula is C17H37NO. The van der Waals surface area contributed by atoms with Crippen molar-refractivity contribution in [3.63, 3.8) is 0 Å². The van der Waals surface area contributed by atoms with Crippen LogP contribution in [0.4, 0.5) is 0 Å². The summed E-state index contributed by atoms with van der Waals surface area (Å²) in [5, 5.41) is 13.6. The van der Waals surface area contributed by atoms with Crippen molar-refractivity contribution < 1.29 is 5.11 Å². The van der Waals surface area contributed by atoms with E-state index in [0.717, 1.165) is 25.9 Å². The maximum Gasteiger partial charge on any atom is 0.0743 e. The minimum Gasteiger partial charge on any atom is -0.389 e. The van der Waals surface area contributed by atoms with E-state index in [1.54, 1.807) is 0 Å². The summed E-state index contributed by atoms with van der Waals surface area (Å²) < 4.78 is 0. The van der Waals surface area contributed by atoms with Gasteiger partial charge in [-0.05, 0) is 25.8 Å². The van der Waals surface area contributed by atoms with E-state index in [1.165, 1.54) is 44.9 Å². The molecule has 1 unspecified atom stereocenters. The Morgan fingerprint density at radius 2 is 1.47 bits per heavy atom. The van der Waals surface area contributed by atoms with Gasteiger partial charge in [0.15, 0.2) is 0 Å². The number of nitrogens with one attached hydrogen (secondary N) is 1. The summed E-state index contributed by atoms with van der Waals surface area (Å²) in [7, 11) is 0. The van der Waals surface area contributed by atoms with Crippen molar-refractivity contribution in [3.8, 4) is 0 Å². The minimum atomic E-state index is -0.531. The molecule has 0 fully saturated rings. The Hall–Kier alpha value is -0.0800. The summed E-state index contributed by atoms with van der Waals surface area (Å²) in [6, 6.07) is 0. The molecule has 116 valence electrons. The fourth-order valence-electron chi connectivity index (χ4n) is 2.36. The molecule has 0 saturated heterocycles. The second kappa shape index (κ2) is 11.7. The molecule has 2 nitrogen and oxygen atoms in total. The van der Waals surface area contributed by atoms with E-state index in [-0.39, 0.29) is 0 Å². The van der Waals surface area contributed by atoms with Gasteiger partial charge in [0.25, 0.3) is 0 Å². The van der Waals surface area contributed by atoms with Crippen molar-refractivity contribution in [2.75, 3.05) is 13.1 Å². The van der Waals surface area contributed by atoms with Gasteiger partial charge < -0.3 is 10.4 Å². The maximum atomic E-state index is 10.2. The summed E-state index contributed by atoms with van der Waals surface area (Å²) in [4.78, 5) is 0. The van der Waals surface area contributed by atoms with Crippen LogP contribution in [-0.4, -0.2) is 23.8 Å². The smallest absolute Gasteiger partial charge is 0.0743 e.